The Morgan fingerprint density at radius 3 is 2.30 bits per heavy atom. The van der Waals surface area contributed by atoms with Gasteiger partial charge in [-0.15, -0.1) is 0 Å². The Hall–Kier alpha value is -2.04. The summed E-state index contributed by atoms with van der Waals surface area (Å²) in [7, 11) is 3.87. The number of carbonyl (C=O) groups is 2. The molecule has 1 aliphatic heterocycles. The summed E-state index contributed by atoms with van der Waals surface area (Å²) in [6.45, 7) is 1.37. The molecule has 1 aromatic carbocycles. The fourth-order valence-corrected chi connectivity index (χ4v) is 2.16. The molecule has 5 nitrogen and oxygen atoms in total. The van der Waals surface area contributed by atoms with E-state index in [1.54, 1.807) is 17.0 Å². The minimum atomic E-state index is -0.456. The highest BCUT2D eigenvalue weighted by atomic mass is 16.5. The largest absolute Gasteiger partial charge is 0.452 e. The van der Waals surface area contributed by atoms with E-state index in [0.717, 1.165) is 31.6 Å². The van der Waals surface area contributed by atoms with Gasteiger partial charge in [-0.25, -0.2) is 4.79 Å². The van der Waals surface area contributed by atoms with Crippen LogP contribution in [-0.2, 0) is 9.53 Å². The van der Waals surface area contributed by atoms with Gasteiger partial charge in [0.15, 0.2) is 6.61 Å². The number of amides is 1. The Kier molecular flexibility index (Phi) is 4.61. The van der Waals surface area contributed by atoms with Gasteiger partial charge >= 0.3 is 5.97 Å². The molecule has 0 N–H and O–H groups in total. The van der Waals surface area contributed by atoms with Gasteiger partial charge in [-0.3, -0.25) is 4.79 Å². The van der Waals surface area contributed by atoms with E-state index in [4.69, 9.17) is 4.74 Å². The molecule has 0 aliphatic carbocycles. The van der Waals surface area contributed by atoms with Gasteiger partial charge in [0, 0.05) is 32.9 Å². The van der Waals surface area contributed by atoms with E-state index >= 15 is 0 Å². The van der Waals surface area contributed by atoms with Crippen LogP contribution in [0.15, 0.2) is 24.3 Å². The second-order valence-electron chi connectivity index (χ2n) is 5.11. The number of anilines is 1. The van der Waals surface area contributed by atoms with Crippen LogP contribution in [0.5, 0.6) is 0 Å². The number of benzene rings is 1. The van der Waals surface area contributed by atoms with Crippen molar-refractivity contribution in [3.05, 3.63) is 29.8 Å². The molecule has 1 aliphatic rings. The van der Waals surface area contributed by atoms with Crippen LogP contribution in [0.2, 0.25) is 0 Å². The molecule has 2 rings (SSSR count). The van der Waals surface area contributed by atoms with Crippen molar-refractivity contribution in [2.45, 2.75) is 12.8 Å². The molecule has 5 heteroatoms. The zero-order chi connectivity index (χ0) is 14.5. The van der Waals surface area contributed by atoms with Gasteiger partial charge in [0.2, 0.25) is 0 Å². The highest BCUT2D eigenvalue weighted by Crippen LogP contribution is 2.13. The third-order valence-electron chi connectivity index (χ3n) is 3.40. The van der Waals surface area contributed by atoms with Crippen LogP contribution in [0.3, 0.4) is 0 Å². The van der Waals surface area contributed by atoms with Gasteiger partial charge in [0.1, 0.15) is 0 Å². The van der Waals surface area contributed by atoms with Crippen molar-refractivity contribution >= 4 is 17.6 Å². The van der Waals surface area contributed by atoms with Crippen molar-refractivity contribution in [2.75, 3.05) is 38.7 Å². The molecule has 0 aromatic heterocycles. The lowest BCUT2D eigenvalue weighted by Crippen LogP contribution is -2.32. The molecule has 108 valence electrons. The molecule has 0 spiro atoms. The predicted octanol–water partition coefficient (Wildman–Crippen LogP) is 1.53. The number of hydrogen-bond donors (Lipinski definition) is 0. The molecule has 1 fully saturated rings. The average Bonchev–Trinajstić information content (AvgIpc) is 2.98. The maximum absolute atomic E-state index is 11.8. The number of nitrogens with zero attached hydrogens (tertiary/aromatic N) is 2. The van der Waals surface area contributed by atoms with Crippen molar-refractivity contribution in [3.8, 4) is 0 Å². The average molecular weight is 276 g/mol. The van der Waals surface area contributed by atoms with E-state index in [0.29, 0.717) is 5.56 Å². The van der Waals surface area contributed by atoms with Gasteiger partial charge in [-0.1, -0.05) is 0 Å². The molecule has 0 atom stereocenters. The summed E-state index contributed by atoms with van der Waals surface area (Å²) < 4.78 is 5.06. The number of hydrogen-bond acceptors (Lipinski definition) is 4. The Balaban J connectivity index is 1.86. The fourth-order valence-electron chi connectivity index (χ4n) is 2.16. The number of carbonyl (C=O) groups excluding carboxylic acids is 2. The molecule has 0 unspecified atom stereocenters. The normalized spacial score (nSPS) is 14.2. The first-order valence-electron chi connectivity index (χ1n) is 6.80. The lowest BCUT2D eigenvalue weighted by molar-refractivity contribution is -0.133. The Bertz CT molecular complexity index is 476. The summed E-state index contributed by atoms with van der Waals surface area (Å²) >= 11 is 0. The first-order valence-corrected chi connectivity index (χ1v) is 6.80. The lowest BCUT2D eigenvalue weighted by atomic mass is 10.2. The molecule has 1 aromatic rings. The van der Waals surface area contributed by atoms with Crippen LogP contribution in [0.4, 0.5) is 5.69 Å². The lowest BCUT2D eigenvalue weighted by Gasteiger charge is -2.15. The van der Waals surface area contributed by atoms with Crippen LogP contribution in [-0.4, -0.2) is 50.6 Å². The van der Waals surface area contributed by atoms with Crippen molar-refractivity contribution in [3.63, 3.8) is 0 Å². The molecule has 0 radical (unpaired) electrons. The molecule has 20 heavy (non-hydrogen) atoms. The molecule has 1 saturated heterocycles. The molecule has 0 bridgehead atoms. The first kappa shape index (κ1) is 14.4. The number of rotatable bonds is 4. The Labute approximate surface area is 119 Å². The number of likely N-dealkylation sites (tertiary alicyclic amines) is 1. The van der Waals surface area contributed by atoms with Crippen molar-refractivity contribution in [1.82, 2.24) is 4.90 Å². The standard InChI is InChI=1S/C15H20N2O3/c1-16(2)13-7-5-12(6-8-13)15(19)20-11-14(18)17-9-3-4-10-17/h5-8H,3-4,9-11H2,1-2H3. The van der Waals surface area contributed by atoms with E-state index in [-0.39, 0.29) is 12.5 Å². The fraction of sp³-hybridized carbons (Fsp3) is 0.467. The van der Waals surface area contributed by atoms with Gasteiger partial charge in [-0.2, -0.15) is 0 Å². The van der Waals surface area contributed by atoms with Crippen molar-refractivity contribution < 1.29 is 14.3 Å². The smallest absolute Gasteiger partial charge is 0.338 e. The van der Waals surface area contributed by atoms with Gasteiger partial charge in [-0.05, 0) is 37.1 Å². The highest BCUT2D eigenvalue weighted by molar-refractivity contribution is 5.91. The SMILES string of the molecule is CN(C)c1ccc(C(=O)OCC(=O)N2CCCC2)cc1. The summed E-state index contributed by atoms with van der Waals surface area (Å²) in [5.74, 6) is -0.566. The topological polar surface area (TPSA) is 49.9 Å². The molecule has 1 heterocycles. The Morgan fingerprint density at radius 2 is 1.75 bits per heavy atom. The van der Waals surface area contributed by atoms with E-state index in [9.17, 15) is 9.59 Å². The third-order valence-corrected chi connectivity index (χ3v) is 3.40. The van der Waals surface area contributed by atoms with Crippen LogP contribution < -0.4 is 4.90 Å². The maximum atomic E-state index is 11.8. The zero-order valence-corrected chi connectivity index (χ0v) is 12.0. The van der Waals surface area contributed by atoms with E-state index in [2.05, 4.69) is 0 Å². The van der Waals surface area contributed by atoms with Crippen LogP contribution >= 0.6 is 0 Å². The quantitative estimate of drug-likeness (QED) is 0.783. The minimum Gasteiger partial charge on any atom is -0.452 e. The van der Waals surface area contributed by atoms with Gasteiger partial charge < -0.3 is 14.5 Å². The van der Waals surface area contributed by atoms with Crippen molar-refractivity contribution in [2.24, 2.45) is 0 Å². The summed E-state index contributed by atoms with van der Waals surface area (Å²) in [4.78, 5) is 27.3. The number of ether oxygens (including phenoxy) is 1. The minimum absolute atomic E-state index is 0.110. The van der Waals surface area contributed by atoms with E-state index in [1.807, 2.05) is 31.1 Å². The molecular weight excluding hydrogens is 256 g/mol. The monoisotopic (exact) mass is 276 g/mol. The summed E-state index contributed by atoms with van der Waals surface area (Å²) in [6.07, 6.45) is 2.07. The molecule has 0 saturated carbocycles. The predicted molar refractivity (Wildman–Crippen MR) is 76.9 cm³/mol. The number of esters is 1. The second kappa shape index (κ2) is 6.41. The molecule has 1 amide bonds. The van der Waals surface area contributed by atoms with E-state index in [1.165, 1.54) is 0 Å². The van der Waals surface area contributed by atoms with Gasteiger partial charge in [0.25, 0.3) is 5.91 Å². The van der Waals surface area contributed by atoms with Crippen LogP contribution in [0.25, 0.3) is 0 Å². The highest BCUT2D eigenvalue weighted by Gasteiger charge is 2.19. The second-order valence-corrected chi connectivity index (χ2v) is 5.11. The molecular formula is C15H20N2O3. The van der Waals surface area contributed by atoms with E-state index < -0.39 is 5.97 Å². The van der Waals surface area contributed by atoms with Crippen LogP contribution in [0, 0.1) is 0 Å². The first-order chi connectivity index (χ1) is 9.58. The summed E-state index contributed by atoms with van der Waals surface area (Å²) in [5.41, 5.74) is 1.47. The maximum Gasteiger partial charge on any atom is 0.338 e. The van der Waals surface area contributed by atoms with Crippen LogP contribution in [0.1, 0.15) is 23.2 Å². The van der Waals surface area contributed by atoms with Gasteiger partial charge in [0.05, 0.1) is 5.56 Å². The summed E-state index contributed by atoms with van der Waals surface area (Å²) in [6, 6.07) is 7.10. The van der Waals surface area contributed by atoms with Crippen molar-refractivity contribution in [1.29, 1.82) is 0 Å². The third kappa shape index (κ3) is 3.50. The summed E-state index contributed by atoms with van der Waals surface area (Å²) in [5, 5.41) is 0. The zero-order valence-electron chi connectivity index (χ0n) is 12.0. The Morgan fingerprint density at radius 1 is 1.15 bits per heavy atom.